The van der Waals surface area contributed by atoms with Gasteiger partial charge >= 0.3 is 0 Å². The summed E-state index contributed by atoms with van der Waals surface area (Å²) < 4.78 is 0. The maximum atomic E-state index is 12.6. The molecule has 1 aliphatic heterocycles. The lowest BCUT2D eigenvalue weighted by molar-refractivity contribution is -0.142. The van der Waals surface area contributed by atoms with Crippen molar-refractivity contribution in [3.05, 3.63) is 0 Å². The first-order valence-electron chi connectivity index (χ1n) is 7.01. The molecule has 0 aliphatic carbocycles. The van der Waals surface area contributed by atoms with Crippen LogP contribution in [0.1, 0.15) is 46.5 Å². The summed E-state index contributed by atoms with van der Waals surface area (Å²) >= 11 is 0. The molecule has 1 amide bonds. The number of nitrogens with zero attached hydrogens (tertiary/aromatic N) is 1. The van der Waals surface area contributed by atoms with Gasteiger partial charge in [-0.05, 0) is 25.3 Å². The van der Waals surface area contributed by atoms with Crippen LogP contribution >= 0.6 is 0 Å². The van der Waals surface area contributed by atoms with Crippen LogP contribution in [0.5, 0.6) is 0 Å². The Morgan fingerprint density at radius 3 is 2.59 bits per heavy atom. The zero-order valence-corrected chi connectivity index (χ0v) is 11.9. The van der Waals surface area contributed by atoms with E-state index in [1.165, 1.54) is 12.8 Å². The van der Waals surface area contributed by atoms with Crippen LogP contribution in [0.3, 0.4) is 0 Å². The number of carbonyl (C=O) groups excluding carboxylic acids is 1. The normalized spacial score (nSPS) is 24.3. The summed E-state index contributed by atoms with van der Waals surface area (Å²) in [6.45, 7) is 9.27. The van der Waals surface area contributed by atoms with Gasteiger partial charge in [-0.25, -0.2) is 0 Å². The highest BCUT2D eigenvalue weighted by molar-refractivity contribution is 5.83. The standard InChI is InChI=1S/C14H28N2O/c1-5-6-7-10-16(4)13(17)14(12(2)3)8-9-15-11-14/h12,15H,5-11H2,1-4H3. The summed E-state index contributed by atoms with van der Waals surface area (Å²) in [5.74, 6) is 0.757. The minimum atomic E-state index is -0.152. The molecule has 100 valence electrons. The fourth-order valence-corrected chi connectivity index (χ4v) is 2.71. The number of amides is 1. The second-order valence-corrected chi connectivity index (χ2v) is 5.67. The molecular weight excluding hydrogens is 212 g/mol. The minimum absolute atomic E-state index is 0.152. The van der Waals surface area contributed by atoms with Crippen molar-refractivity contribution in [3.8, 4) is 0 Å². The van der Waals surface area contributed by atoms with Crippen LogP contribution in [0.25, 0.3) is 0 Å². The zero-order chi connectivity index (χ0) is 12.9. The number of rotatable bonds is 6. The number of hydrogen-bond donors (Lipinski definition) is 1. The van der Waals surface area contributed by atoms with Crippen molar-refractivity contribution < 1.29 is 4.79 Å². The van der Waals surface area contributed by atoms with E-state index in [9.17, 15) is 4.79 Å². The molecule has 1 N–H and O–H groups in total. The van der Waals surface area contributed by atoms with Crippen LogP contribution in [0, 0.1) is 11.3 Å². The summed E-state index contributed by atoms with van der Waals surface area (Å²) in [6, 6.07) is 0. The number of carbonyl (C=O) groups is 1. The van der Waals surface area contributed by atoms with Crippen LogP contribution in [-0.4, -0.2) is 37.5 Å². The van der Waals surface area contributed by atoms with E-state index in [0.29, 0.717) is 11.8 Å². The molecule has 1 rings (SSSR count). The smallest absolute Gasteiger partial charge is 0.230 e. The lowest BCUT2D eigenvalue weighted by atomic mass is 9.75. The average Bonchev–Trinajstić information content (AvgIpc) is 2.78. The summed E-state index contributed by atoms with van der Waals surface area (Å²) in [5.41, 5.74) is -0.152. The molecular formula is C14H28N2O. The van der Waals surface area contributed by atoms with Gasteiger partial charge in [-0.2, -0.15) is 0 Å². The fraction of sp³-hybridized carbons (Fsp3) is 0.929. The molecule has 1 unspecified atom stereocenters. The average molecular weight is 240 g/mol. The van der Waals surface area contributed by atoms with Crippen molar-refractivity contribution >= 4 is 5.91 Å². The van der Waals surface area contributed by atoms with Gasteiger partial charge in [0.15, 0.2) is 0 Å². The Morgan fingerprint density at radius 2 is 2.12 bits per heavy atom. The van der Waals surface area contributed by atoms with E-state index >= 15 is 0 Å². The zero-order valence-electron chi connectivity index (χ0n) is 11.9. The molecule has 0 bridgehead atoms. The van der Waals surface area contributed by atoms with Crippen molar-refractivity contribution in [2.75, 3.05) is 26.7 Å². The molecule has 0 aromatic carbocycles. The molecule has 3 heteroatoms. The van der Waals surface area contributed by atoms with Gasteiger partial charge in [0.2, 0.25) is 5.91 Å². The summed E-state index contributed by atoms with van der Waals surface area (Å²) in [6.07, 6.45) is 4.53. The lowest BCUT2D eigenvalue weighted by Gasteiger charge is -2.35. The van der Waals surface area contributed by atoms with Crippen LogP contribution in [-0.2, 0) is 4.79 Å². The summed E-state index contributed by atoms with van der Waals surface area (Å²) in [5, 5.41) is 3.35. The number of unbranched alkanes of at least 4 members (excludes halogenated alkanes) is 2. The maximum absolute atomic E-state index is 12.6. The number of hydrogen-bond acceptors (Lipinski definition) is 2. The lowest BCUT2D eigenvalue weighted by Crippen LogP contribution is -2.47. The molecule has 0 aromatic rings. The van der Waals surface area contributed by atoms with Crippen LogP contribution in [0.15, 0.2) is 0 Å². The van der Waals surface area contributed by atoms with Gasteiger partial charge in [0.1, 0.15) is 0 Å². The first-order chi connectivity index (χ1) is 8.04. The monoisotopic (exact) mass is 240 g/mol. The Balaban J connectivity index is 2.59. The first kappa shape index (κ1) is 14.5. The van der Waals surface area contributed by atoms with Crippen molar-refractivity contribution in [2.45, 2.75) is 46.5 Å². The predicted octanol–water partition coefficient (Wildman–Crippen LogP) is 2.27. The maximum Gasteiger partial charge on any atom is 0.230 e. The second-order valence-electron chi connectivity index (χ2n) is 5.67. The molecule has 0 aromatic heterocycles. The van der Waals surface area contributed by atoms with Crippen molar-refractivity contribution in [1.82, 2.24) is 10.2 Å². The van der Waals surface area contributed by atoms with Gasteiger partial charge in [0.25, 0.3) is 0 Å². The minimum Gasteiger partial charge on any atom is -0.345 e. The Labute approximate surface area is 106 Å². The Bertz CT molecular complexity index is 245. The highest BCUT2D eigenvalue weighted by Crippen LogP contribution is 2.35. The summed E-state index contributed by atoms with van der Waals surface area (Å²) in [4.78, 5) is 14.5. The van der Waals surface area contributed by atoms with E-state index in [1.807, 2.05) is 11.9 Å². The molecule has 3 nitrogen and oxygen atoms in total. The second kappa shape index (κ2) is 6.39. The third kappa shape index (κ3) is 3.21. The third-order valence-corrected chi connectivity index (χ3v) is 4.16. The van der Waals surface area contributed by atoms with Gasteiger partial charge < -0.3 is 10.2 Å². The first-order valence-corrected chi connectivity index (χ1v) is 7.01. The molecule has 0 radical (unpaired) electrons. The number of nitrogens with one attached hydrogen (secondary N) is 1. The van der Waals surface area contributed by atoms with Gasteiger partial charge in [-0.3, -0.25) is 4.79 Å². The van der Waals surface area contributed by atoms with Gasteiger partial charge in [-0.15, -0.1) is 0 Å². The van der Waals surface area contributed by atoms with E-state index in [-0.39, 0.29) is 5.41 Å². The van der Waals surface area contributed by atoms with Crippen molar-refractivity contribution in [2.24, 2.45) is 11.3 Å². The van der Waals surface area contributed by atoms with Crippen LogP contribution < -0.4 is 5.32 Å². The van der Waals surface area contributed by atoms with Gasteiger partial charge in [0.05, 0.1) is 5.41 Å². The third-order valence-electron chi connectivity index (χ3n) is 4.16. The SMILES string of the molecule is CCCCCN(C)C(=O)C1(C(C)C)CCNC1. The van der Waals surface area contributed by atoms with Crippen LogP contribution in [0.4, 0.5) is 0 Å². The van der Waals surface area contributed by atoms with E-state index in [0.717, 1.165) is 32.5 Å². The molecule has 1 aliphatic rings. The molecule has 17 heavy (non-hydrogen) atoms. The van der Waals surface area contributed by atoms with E-state index in [4.69, 9.17) is 0 Å². The highest BCUT2D eigenvalue weighted by Gasteiger charge is 2.45. The molecule has 1 heterocycles. The topological polar surface area (TPSA) is 32.3 Å². The van der Waals surface area contributed by atoms with Crippen LogP contribution in [0.2, 0.25) is 0 Å². The van der Waals surface area contributed by atoms with Crippen molar-refractivity contribution in [3.63, 3.8) is 0 Å². The fourth-order valence-electron chi connectivity index (χ4n) is 2.71. The highest BCUT2D eigenvalue weighted by atomic mass is 16.2. The van der Waals surface area contributed by atoms with Crippen molar-refractivity contribution in [1.29, 1.82) is 0 Å². The Kier molecular flexibility index (Phi) is 5.44. The molecule has 1 fully saturated rings. The Morgan fingerprint density at radius 1 is 1.41 bits per heavy atom. The molecule has 1 atom stereocenters. The predicted molar refractivity (Wildman–Crippen MR) is 71.9 cm³/mol. The quantitative estimate of drug-likeness (QED) is 0.722. The van der Waals surface area contributed by atoms with E-state index < -0.39 is 0 Å². The molecule has 0 spiro atoms. The van der Waals surface area contributed by atoms with E-state index in [2.05, 4.69) is 26.1 Å². The van der Waals surface area contributed by atoms with E-state index in [1.54, 1.807) is 0 Å². The Hall–Kier alpha value is -0.570. The molecule has 1 saturated heterocycles. The summed E-state index contributed by atoms with van der Waals surface area (Å²) in [7, 11) is 1.96. The van der Waals surface area contributed by atoms with Gasteiger partial charge in [0, 0.05) is 20.1 Å². The van der Waals surface area contributed by atoms with Gasteiger partial charge in [-0.1, -0.05) is 33.6 Å². The largest absolute Gasteiger partial charge is 0.345 e. The molecule has 0 saturated carbocycles.